The Balaban J connectivity index is 2.24. The van der Waals surface area contributed by atoms with E-state index in [1.165, 1.54) is 6.07 Å². The zero-order chi connectivity index (χ0) is 20.4. The number of nitrogens with one attached hydrogen (secondary N) is 1. The van der Waals surface area contributed by atoms with Gasteiger partial charge in [-0.15, -0.1) is 0 Å². The lowest BCUT2D eigenvalue weighted by Crippen LogP contribution is -2.41. The van der Waals surface area contributed by atoms with Gasteiger partial charge in [-0.2, -0.15) is 0 Å². The van der Waals surface area contributed by atoms with Crippen molar-refractivity contribution in [3.63, 3.8) is 0 Å². The summed E-state index contributed by atoms with van der Waals surface area (Å²) in [6, 6.07) is 10.4. The van der Waals surface area contributed by atoms with E-state index >= 15 is 0 Å². The molecule has 0 bridgehead atoms. The average molecular weight is 429 g/mol. The predicted molar refractivity (Wildman–Crippen MR) is 111 cm³/mol. The van der Waals surface area contributed by atoms with Crippen LogP contribution < -0.4 is 9.62 Å². The van der Waals surface area contributed by atoms with Gasteiger partial charge in [0.25, 0.3) is 0 Å². The monoisotopic (exact) mass is 428 g/mol. The van der Waals surface area contributed by atoms with Crippen LogP contribution >= 0.6 is 23.2 Å². The lowest BCUT2D eigenvalue weighted by atomic mass is 10.00. The first-order valence-electron chi connectivity index (χ1n) is 8.29. The number of aryl methyl sites for hydroxylation is 2. The number of benzene rings is 2. The molecular weight excluding hydrogens is 407 g/mol. The van der Waals surface area contributed by atoms with E-state index in [9.17, 15) is 13.2 Å². The Morgan fingerprint density at radius 1 is 1.19 bits per heavy atom. The molecule has 2 rings (SSSR count). The summed E-state index contributed by atoms with van der Waals surface area (Å²) in [5.74, 6) is -0.440. The number of carbonyl (C=O) groups excluding carboxylic acids is 1. The number of carbonyl (C=O) groups is 1. The van der Waals surface area contributed by atoms with Gasteiger partial charge in [-0.1, -0.05) is 53.0 Å². The lowest BCUT2D eigenvalue weighted by molar-refractivity contribution is -0.120. The number of halogens is 2. The Morgan fingerprint density at radius 2 is 1.85 bits per heavy atom. The summed E-state index contributed by atoms with van der Waals surface area (Å²) in [6.07, 6.45) is 1.02. The summed E-state index contributed by atoms with van der Waals surface area (Å²) in [4.78, 5) is 12.6. The SMILES string of the molecule is Cc1ccc(C)c(C(C)NC(=O)CN(c2cccc(Cl)c2Cl)S(C)(=O)=O)c1. The molecule has 27 heavy (non-hydrogen) atoms. The zero-order valence-electron chi connectivity index (χ0n) is 15.6. The Labute approximate surface area is 170 Å². The van der Waals surface area contributed by atoms with Gasteiger partial charge in [-0.3, -0.25) is 9.10 Å². The molecule has 0 spiro atoms. The Morgan fingerprint density at radius 3 is 2.48 bits per heavy atom. The second-order valence-corrected chi connectivity index (χ2v) is 9.18. The van der Waals surface area contributed by atoms with E-state index in [1.54, 1.807) is 12.1 Å². The van der Waals surface area contributed by atoms with Crippen LogP contribution in [0.5, 0.6) is 0 Å². The molecule has 1 atom stereocenters. The third kappa shape index (κ3) is 5.37. The first-order valence-corrected chi connectivity index (χ1v) is 10.9. The Kier molecular flexibility index (Phi) is 6.78. The minimum absolute atomic E-state index is 0.0833. The van der Waals surface area contributed by atoms with Crippen LogP contribution in [0.2, 0.25) is 10.0 Å². The first kappa shape index (κ1) is 21.5. The van der Waals surface area contributed by atoms with Gasteiger partial charge in [-0.05, 0) is 44.0 Å². The van der Waals surface area contributed by atoms with Gasteiger partial charge in [0.05, 0.1) is 28.0 Å². The molecule has 146 valence electrons. The molecule has 0 aliphatic heterocycles. The van der Waals surface area contributed by atoms with Crippen molar-refractivity contribution in [3.8, 4) is 0 Å². The van der Waals surface area contributed by atoms with Gasteiger partial charge in [0.2, 0.25) is 15.9 Å². The molecule has 8 heteroatoms. The fourth-order valence-electron chi connectivity index (χ4n) is 2.79. The van der Waals surface area contributed by atoms with Gasteiger partial charge in [0.15, 0.2) is 0 Å². The van der Waals surface area contributed by atoms with Crippen LogP contribution in [0.15, 0.2) is 36.4 Å². The summed E-state index contributed by atoms with van der Waals surface area (Å²) >= 11 is 12.1. The smallest absolute Gasteiger partial charge is 0.241 e. The molecule has 2 aromatic rings. The van der Waals surface area contributed by atoms with Gasteiger partial charge >= 0.3 is 0 Å². The van der Waals surface area contributed by atoms with E-state index in [0.717, 1.165) is 27.3 Å². The van der Waals surface area contributed by atoms with Crippen LogP contribution in [-0.2, 0) is 14.8 Å². The van der Waals surface area contributed by atoms with E-state index < -0.39 is 22.5 Å². The van der Waals surface area contributed by atoms with Crippen molar-refractivity contribution in [2.75, 3.05) is 17.1 Å². The highest BCUT2D eigenvalue weighted by Crippen LogP contribution is 2.33. The average Bonchev–Trinajstić information content (AvgIpc) is 2.56. The standard InChI is InChI=1S/C19H22Cl2N2O3S/c1-12-8-9-13(2)15(10-12)14(3)22-18(24)11-23(27(4,25)26)17-7-5-6-16(20)19(17)21/h5-10,14H,11H2,1-4H3,(H,22,24). The van der Waals surface area contributed by atoms with Crippen molar-refractivity contribution in [2.45, 2.75) is 26.8 Å². The fourth-order valence-corrected chi connectivity index (χ4v) is 4.10. The number of hydrogen-bond donors (Lipinski definition) is 1. The van der Waals surface area contributed by atoms with E-state index in [-0.39, 0.29) is 21.8 Å². The van der Waals surface area contributed by atoms with Gasteiger partial charge < -0.3 is 5.32 Å². The van der Waals surface area contributed by atoms with Crippen molar-refractivity contribution >= 4 is 44.8 Å². The topological polar surface area (TPSA) is 66.5 Å². The van der Waals surface area contributed by atoms with Crippen molar-refractivity contribution in [3.05, 3.63) is 63.1 Å². The minimum Gasteiger partial charge on any atom is -0.348 e. The van der Waals surface area contributed by atoms with Crippen LogP contribution in [0.1, 0.15) is 29.7 Å². The Hall–Kier alpha value is -1.76. The van der Waals surface area contributed by atoms with Crippen molar-refractivity contribution < 1.29 is 13.2 Å². The molecule has 0 heterocycles. The summed E-state index contributed by atoms with van der Waals surface area (Å²) in [5.41, 5.74) is 3.28. The molecule has 5 nitrogen and oxygen atoms in total. The van der Waals surface area contributed by atoms with Gasteiger partial charge in [0.1, 0.15) is 6.54 Å². The highest BCUT2D eigenvalue weighted by Gasteiger charge is 2.24. The molecule has 0 radical (unpaired) electrons. The molecule has 0 saturated carbocycles. The first-order chi connectivity index (χ1) is 12.5. The molecular formula is C19H22Cl2N2O3S. The maximum Gasteiger partial charge on any atom is 0.241 e. The minimum atomic E-state index is -3.74. The zero-order valence-corrected chi connectivity index (χ0v) is 17.9. The van der Waals surface area contributed by atoms with Crippen LogP contribution in [0.3, 0.4) is 0 Å². The van der Waals surface area contributed by atoms with Crippen molar-refractivity contribution in [1.29, 1.82) is 0 Å². The molecule has 1 amide bonds. The van der Waals surface area contributed by atoms with Gasteiger partial charge in [-0.25, -0.2) is 8.42 Å². The van der Waals surface area contributed by atoms with Crippen molar-refractivity contribution in [1.82, 2.24) is 5.32 Å². The molecule has 0 aliphatic carbocycles. The molecule has 1 N–H and O–H groups in total. The van der Waals surface area contributed by atoms with Crippen LogP contribution in [0, 0.1) is 13.8 Å². The number of anilines is 1. The molecule has 0 aliphatic rings. The molecule has 0 saturated heterocycles. The molecule has 1 unspecified atom stereocenters. The highest BCUT2D eigenvalue weighted by atomic mass is 35.5. The summed E-state index contributed by atoms with van der Waals surface area (Å²) in [5, 5.41) is 3.15. The number of rotatable bonds is 6. The molecule has 0 fully saturated rings. The van der Waals surface area contributed by atoms with Crippen LogP contribution in [0.4, 0.5) is 5.69 Å². The summed E-state index contributed by atoms with van der Waals surface area (Å²) in [6.45, 7) is 5.40. The van der Waals surface area contributed by atoms with Crippen molar-refractivity contribution in [2.24, 2.45) is 0 Å². The predicted octanol–water partition coefficient (Wildman–Crippen LogP) is 4.25. The van der Waals surface area contributed by atoms with Crippen LogP contribution in [0.25, 0.3) is 0 Å². The highest BCUT2D eigenvalue weighted by molar-refractivity contribution is 7.92. The summed E-state index contributed by atoms with van der Waals surface area (Å²) in [7, 11) is -3.74. The summed E-state index contributed by atoms with van der Waals surface area (Å²) < 4.78 is 25.4. The maximum atomic E-state index is 12.6. The largest absolute Gasteiger partial charge is 0.348 e. The molecule has 2 aromatic carbocycles. The fraction of sp³-hybridized carbons (Fsp3) is 0.316. The van der Waals surface area contributed by atoms with E-state index in [1.807, 2.05) is 39.0 Å². The lowest BCUT2D eigenvalue weighted by Gasteiger charge is -2.25. The maximum absolute atomic E-state index is 12.6. The quantitative estimate of drug-likeness (QED) is 0.747. The Bertz CT molecular complexity index is 961. The van der Waals surface area contributed by atoms with Gasteiger partial charge in [0, 0.05) is 0 Å². The third-order valence-corrected chi connectivity index (χ3v) is 6.10. The van der Waals surface area contributed by atoms with Crippen LogP contribution in [-0.4, -0.2) is 27.1 Å². The van der Waals surface area contributed by atoms with E-state index in [2.05, 4.69) is 5.32 Å². The van der Waals surface area contributed by atoms with E-state index in [4.69, 9.17) is 23.2 Å². The number of amides is 1. The number of nitrogens with zero attached hydrogens (tertiary/aromatic N) is 1. The molecule has 0 aromatic heterocycles. The second kappa shape index (κ2) is 8.50. The van der Waals surface area contributed by atoms with E-state index in [0.29, 0.717) is 0 Å². The number of sulfonamides is 1. The number of hydrogen-bond acceptors (Lipinski definition) is 3. The second-order valence-electron chi connectivity index (χ2n) is 6.49. The normalized spacial score (nSPS) is 12.5. The third-order valence-electron chi connectivity index (χ3n) is 4.17.